The predicted octanol–water partition coefficient (Wildman–Crippen LogP) is 3.28. The summed E-state index contributed by atoms with van der Waals surface area (Å²) in [6, 6.07) is 11.5. The normalized spacial score (nSPS) is 10.4. The molecule has 2 rings (SSSR count). The number of halogens is 2. The van der Waals surface area contributed by atoms with Gasteiger partial charge >= 0.3 is 6.61 Å². The van der Waals surface area contributed by atoms with Gasteiger partial charge in [-0.15, -0.1) is 0 Å². The van der Waals surface area contributed by atoms with Gasteiger partial charge in [0.1, 0.15) is 5.75 Å². The van der Waals surface area contributed by atoms with Crippen molar-refractivity contribution in [3.63, 3.8) is 0 Å². The third kappa shape index (κ3) is 5.34. The number of rotatable bonds is 8. The maximum Gasteiger partial charge on any atom is 0.387 e. The van der Waals surface area contributed by atoms with Gasteiger partial charge in [-0.1, -0.05) is 6.07 Å². The molecule has 0 aliphatic carbocycles. The lowest BCUT2D eigenvalue weighted by atomic mass is 10.1. The zero-order valence-corrected chi connectivity index (χ0v) is 13.9. The van der Waals surface area contributed by atoms with Gasteiger partial charge in [0.25, 0.3) is 5.91 Å². The predicted molar refractivity (Wildman–Crippen MR) is 88.7 cm³/mol. The van der Waals surface area contributed by atoms with Crippen LogP contribution in [0.1, 0.15) is 15.9 Å². The van der Waals surface area contributed by atoms with Gasteiger partial charge in [-0.3, -0.25) is 4.79 Å². The summed E-state index contributed by atoms with van der Waals surface area (Å²) in [4.78, 5) is 12.1. The van der Waals surface area contributed by atoms with E-state index in [0.717, 1.165) is 5.56 Å². The minimum Gasteiger partial charge on any atom is -0.497 e. The lowest BCUT2D eigenvalue weighted by Gasteiger charge is -2.12. The van der Waals surface area contributed by atoms with E-state index in [1.54, 1.807) is 43.5 Å². The molecular weight excluding hydrogens is 332 g/mol. The second-order valence-corrected chi connectivity index (χ2v) is 5.10. The van der Waals surface area contributed by atoms with Crippen molar-refractivity contribution in [3.8, 4) is 17.2 Å². The average Bonchev–Trinajstić information content (AvgIpc) is 2.62. The van der Waals surface area contributed by atoms with E-state index in [4.69, 9.17) is 9.47 Å². The van der Waals surface area contributed by atoms with E-state index in [1.165, 1.54) is 13.2 Å². The summed E-state index contributed by atoms with van der Waals surface area (Å²) in [5, 5.41) is 2.80. The Morgan fingerprint density at radius 3 is 2.36 bits per heavy atom. The first kappa shape index (κ1) is 18.5. The van der Waals surface area contributed by atoms with Gasteiger partial charge in [0.05, 0.1) is 14.2 Å². The molecule has 0 radical (unpaired) electrons. The molecule has 0 aromatic heterocycles. The summed E-state index contributed by atoms with van der Waals surface area (Å²) in [5.74, 6) is 0.671. The van der Waals surface area contributed by atoms with E-state index in [-0.39, 0.29) is 17.4 Å². The zero-order valence-electron chi connectivity index (χ0n) is 13.9. The molecule has 7 heteroatoms. The first-order valence-electron chi connectivity index (χ1n) is 7.57. The fourth-order valence-corrected chi connectivity index (χ4v) is 2.23. The molecule has 5 nitrogen and oxygen atoms in total. The van der Waals surface area contributed by atoms with E-state index in [1.807, 2.05) is 0 Å². The third-order valence-corrected chi connectivity index (χ3v) is 3.50. The van der Waals surface area contributed by atoms with Crippen LogP contribution in [0.2, 0.25) is 0 Å². The van der Waals surface area contributed by atoms with Crippen molar-refractivity contribution >= 4 is 5.91 Å². The minimum absolute atomic E-state index is 0.0245. The van der Waals surface area contributed by atoms with Crippen molar-refractivity contribution < 1.29 is 27.8 Å². The minimum atomic E-state index is -2.91. The molecule has 0 aliphatic rings. The number of ether oxygens (including phenoxy) is 3. The topological polar surface area (TPSA) is 56.8 Å². The van der Waals surface area contributed by atoms with Gasteiger partial charge < -0.3 is 19.5 Å². The number of hydrogen-bond donors (Lipinski definition) is 1. The van der Waals surface area contributed by atoms with E-state index >= 15 is 0 Å². The highest BCUT2D eigenvalue weighted by atomic mass is 19.3. The van der Waals surface area contributed by atoms with E-state index < -0.39 is 6.61 Å². The lowest BCUT2D eigenvalue weighted by molar-refractivity contribution is -0.0512. The number of benzene rings is 2. The van der Waals surface area contributed by atoms with Crippen molar-refractivity contribution in [1.82, 2.24) is 5.32 Å². The van der Waals surface area contributed by atoms with Crippen molar-refractivity contribution in [2.24, 2.45) is 0 Å². The first-order valence-corrected chi connectivity index (χ1v) is 7.57. The second kappa shape index (κ2) is 8.86. The number of carbonyl (C=O) groups is 1. The van der Waals surface area contributed by atoms with Gasteiger partial charge in [-0.05, 0) is 48.4 Å². The molecule has 134 valence electrons. The summed E-state index contributed by atoms with van der Waals surface area (Å²) >= 11 is 0. The Morgan fingerprint density at radius 1 is 1.04 bits per heavy atom. The van der Waals surface area contributed by atoms with Crippen LogP contribution in [0.15, 0.2) is 42.5 Å². The molecule has 0 saturated carbocycles. The molecule has 0 atom stereocenters. The maximum atomic E-state index is 12.3. The van der Waals surface area contributed by atoms with Gasteiger partial charge in [-0.25, -0.2) is 0 Å². The van der Waals surface area contributed by atoms with Crippen LogP contribution in [-0.4, -0.2) is 33.3 Å². The molecule has 0 heterocycles. The molecule has 0 unspecified atom stereocenters. The smallest absolute Gasteiger partial charge is 0.387 e. The zero-order chi connectivity index (χ0) is 18.2. The maximum absolute atomic E-state index is 12.3. The van der Waals surface area contributed by atoms with Crippen molar-refractivity contribution in [2.45, 2.75) is 13.0 Å². The Labute approximate surface area is 144 Å². The van der Waals surface area contributed by atoms with Crippen molar-refractivity contribution in [3.05, 3.63) is 53.6 Å². The van der Waals surface area contributed by atoms with Crippen LogP contribution >= 0.6 is 0 Å². The summed E-state index contributed by atoms with van der Waals surface area (Å²) < 4.78 is 39.1. The Balaban J connectivity index is 1.91. The molecule has 0 saturated heterocycles. The molecule has 0 fully saturated rings. The summed E-state index contributed by atoms with van der Waals surface area (Å²) in [5.41, 5.74) is 1.35. The molecule has 0 aliphatic heterocycles. The highest BCUT2D eigenvalue weighted by Crippen LogP contribution is 2.29. The average molecular weight is 351 g/mol. The monoisotopic (exact) mass is 351 g/mol. The van der Waals surface area contributed by atoms with E-state index in [0.29, 0.717) is 24.3 Å². The Morgan fingerprint density at radius 2 is 1.76 bits per heavy atom. The third-order valence-electron chi connectivity index (χ3n) is 3.50. The number of alkyl halides is 2. The van der Waals surface area contributed by atoms with Crippen LogP contribution in [0.3, 0.4) is 0 Å². The van der Waals surface area contributed by atoms with Crippen molar-refractivity contribution in [1.29, 1.82) is 0 Å². The number of hydrogen-bond acceptors (Lipinski definition) is 4. The van der Waals surface area contributed by atoms with E-state index in [9.17, 15) is 13.6 Å². The number of nitrogens with one attached hydrogen (secondary N) is 1. The van der Waals surface area contributed by atoms with Crippen LogP contribution in [0.25, 0.3) is 0 Å². The highest BCUT2D eigenvalue weighted by Gasteiger charge is 2.11. The summed E-state index contributed by atoms with van der Waals surface area (Å²) in [6.07, 6.45) is 0.521. The second-order valence-electron chi connectivity index (χ2n) is 5.10. The Bertz CT molecular complexity index is 705. The van der Waals surface area contributed by atoms with Gasteiger partial charge in [0, 0.05) is 12.1 Å². The Hall–Kier alpha value is -2.83. The standard InChI is InChI=1S/C18H19F2NO4/c1-23-14-6-4-13(5-7-14)17(22)21-10-9-12-3-8-15(25-18(19)20)16(11-12)24-2/h3-8,11,18H,9-10H2,1-2H3,(H,21,22). The number of methoxy groups -OCH3 is 2. The lowest BCUT2D eigenvalue weighted by Crippen LogP contribution is -2.25. The molecule has 1 N–H and O–H groups in total. The molecule has 0 spiro atoms. The fraction of sp³-hybridized carbons (Fsp3) is 0.278. The van der Waals surface area contributed by atoms with Crippen LogP contribution in [0, 0.1) is 0 Å². The molecule has 1 amide bonds. The molecule has 25 heavy (non-hydrogen) atoms. The SMILES string of the molecule is COc1ccc(C(=O)NCCc2ccc(OC(F)F)c(OC)c2)cc1. The van der Waals surface area contributed by atoms with E-state index in [2.05, 4.69) is 10.1 Å². The molecule has 2 aromatic rings. The van der Waals surface area contributed by atoms with Gasteiger partial charge in [-0.2, -0.15) is 8.78 Å². The Kier molecular flexibility index (Phi) is 6.56. The summed E-state index contributed by atoms with van der Waals surface area (Å²) in [6.45, 7) is -2.52. The highest BCUT2D eigenvalue weighted by molar-refractivity contribution is 5.94. The number of carbonyl (C=O) groups excluding carboxylic acids is 1. The van der Waals surface area contributed by atoms with Gasteiger partial charge in [0.15, 0.2) is 11.5 Å². The molecule has 0 bridgehead atoms. The van der Waals surface area contributed by atoms with Crippen LogP contribution < -0.4 is 19.5 Å². The number of amides is 1. The quantitative estimate of drug-likeness (QED) is 0.793. The first-order chi connectivity index (χ1) is 12.0. The van der Waals surface area contributed by atoms with Gasteiger partial charge in [0.2, 0.25) is 0 Å². The van der Waals surface area contributed by atoms with Crippen LogP contribution in [0.4, 0.5) is 8.78 Å². The van der Waals surface area contributed by atoms with Crippen molar-refractivity contribution in [2.75, 3.05) is 20.8 Å². The fourth-order valence-electron chi connectivity index (χ4n) is 2.23. The summed E-state index contributed by atoms with van der Waals surface area (Å²) in [7, 11) is 2.93. The molecule has 2 aromatic carbocycles. The molecular formula is C18H19F2NO4. The van der Waals surface area contributed by atoms with Crippen LogP contribution in [-0.2, 0) is 6.42 Å². The van der Waals surface area contributed by atoms with Crippen LogP contribution in [0.5, 0.6) is 17.2 Å². The largest absolute Gasteiger partial charge is 0.497 e.